The van der Waals surface area contributed by atoms with Crippen LogP contribution >= 0.6 is 56.4 Å². The van der Waals surface area contributed by atoms with Crippen molar-refractivity contribution < 1.29 is 24.0 Å². The minimum Gasteiger partial charge on any atom is -0.347 e. The third-order valence-electron chi connectivity index (χ3n) is 19.3. The highest BCUT2D eigenvalue weighted by Gasteiger charge is 2.28. The maximum absolute atomic E-state index is 13.4. The number of H-pyrrole nitrogens is 3. The summed E-state index contributed by atoms with van der Waals surface area (Å²) in [6.07, 6.45) is 14.5. The Balaban J connectivity index is 0.000000165. The maximum atomic E-state index is 13.4. The molecule has 0 aliphatic carbocycles. The second kappa shape index (κ2) is 42.4. The van der Waals surface area contributed by atoms with Crippen molar-refractivity contribution in [3.05, 3.63) is 327 Å². The van der Waals surface area contributed by atoms with Crippen LogP contribution in [0, 0.1) is 29.1 Å². The van der Waals surface area contributed by atoms with Crippen LogP contribution in [0.25, 0.3) is 67.2 Å². The van der Waals surface area contributed by atoms with Gasteiger partial charge in [0, 0.05) is 135 Å². The molecule has 610 valence electrons. The summed E-state index contributed by atoms with van der Waals surface area (Å²) in [5, 5.41) is 36.3. The van der Waals surface area contributed by atoms with Crippen LogP contribution in [0.15, 0.2) is 267 Å². The van der Waals surface area contributed by atoms with Gasteiger partial charge in [-0.3, -0.25) is 39.3 Å². The predicted octanol–water partition coefficient (Wildman–Crippen LogP) is 19.8. The summed E-state index contributed by atoms with van der Waals surface area (Å²) in [5.41, 5.74) is 18.4. The van der Waals surface area contributed by atoms with E-state index in [4.69, 9.17) is 34.8 Å². The summed E-state index contributed by atoms with van der Waals surface area (Å²) in [6, 6.07) is 65.3. The topological polar surface area (TPSA) is 238 Å². The summed E-state index contributed by atoms with van der Waals surface area (Å²) in [4.78, 5) is 66.7. The van der Waals surface area contributed by atoms with Gasteiger partial charge >= 0.3 is 0 Å². The third-order valence-corrected chi connectivity index (χ3v) is 23.1. The van der Waals surface area contributed by atoms with Gasteiger partial charge < -0.3 is 39.9 Å². The molecule has 7 heterocycles. The van der Waals surface area contributed by atoms with E-state index in [1.54, 1.807) is 58.2 Å². The normalized spacial score (nSPS) is 12.1. The first-order chi connectivity index (χ1) is 58.1. The summed E-state index contributed by atoms with van der Waals surface area (Å²) in [6.45, 7) is 18.6. The van der Waals surface area contributed by atoms with E-state index in [1.807, 2.05) is 252 Å². The van der Waals surface area contributed by atoms with Gasteiger partial charge in [-0.05, 0) is 96.8 Å². The van der Waals surface area contributed by atoms with Crippen LogP contribution in [-0.2, 0) is 44.1 Å². The van der Waals surface area contributed by atoms with Crippen LogP contribution < -0.4 is 21.3 Å². The standard InChI is InChI=1S/C33H36ClN5O.C33H29ClN4O2.C30H28ClN5O2S2/c1-24(19-33(2,3)4)20-35-16-10-11-17-39-23-26(18-30(39)32(40)36-21-25-12-6-5-7-13-25)31-28(22-37-38-31)27-14-8-9-15-29(27)34;1-22(2)16-31(39)25-14-12-24(13-15-25)20-38-21-26(17-30(38)33(40)35-18-23-8-4-3-5-9-23)32-28(19-36-37-32)27-10-6-7-11-29(27)34;1-35(30(38)27-13-16-39-40-27)14-7-8-15-36-20-22(17-26(36)29(37)32-18-21-9-3-2-4-10-21)28-24(19-33-34-28)23-11-5-6-12-25(23)31/h5-9,12-15,18,22-23,35H,1,16-17,19-21H2,2-4H3,(H,36,40)(H,37,38);3-17,19,21H,18,20H2,1-2H3,(H,35,40)(H,36,37);2-6,9-12,17,19-20,27H,13-16,18H2,1H3,(H,32,37)(H,33,34). The van der Waals surface area contributed by atoms with Gasteiger partial charge in [-0.2, -0.15) is 15.3 Å². The Labute approximate surface area is 723 Å². The first-order valence-corrected chi connectivity index (χ1v) is 42.7. The number of nitrogens with zero attached hydrogens (tertiary/aromatic N) is 7. The lowest BCUT2D eigenvalue weighted by Gasteiger charge is -2.19. The second-order valence-corrected chi connectivity index (χ2v) is 34.0. The molecule has 6 aromatic heterocycles. The van der Waals surface area contributed by atoms with E-state index in [2.05, 4.69) is 103 Å². The Bertz CT molecular complexity index is 5880. The molecule has 0 spiro atoms. The van der Waals surface area contributed by atoms with E-state index in [1.165, 1.54) is 0 Å². The SMILES string of the molecule is C=C(CNCC#CCn1cc(-c2[nH]ncc2-c2ccccc2Cl)cc1C(=O)NCc1ccccc1)CC(C)(C)C.CC(C)=CC(=O)c1ccc(Cn2cc(-c3[nH]ncc3-c3ccccc3Cl)cc2C(=O)NCc2ccccc2)cc1.CN(CC#CCn1cc(-c2[nH]ncc2-c2ccccc2Cl)cc1C(=O)NCc1ccccc1)C(=O)C1CCSS1. The number of ketones is 1. The fourth-order valence-corrected chi connectivity index (χ4v) is 17.0. The zero-order valence-corrected chi connectivity index (χ0v) is 71.5. The van der Waals surface area contributed by atoms with Crippen LogP contribution in [0.4, 0.5) is 0 Å². The molecule has 1 unspecified atom stereocenters. The molecule has 120 heavy (non-hydrogen) atoms. The van der Waals surface area contributed by atoms with Crippen molar-refractivity contribution in [3.8, 4) is 90.8 Å². The maximum Gasteiger partial charge on any atom is 0.268 e. The van der Waals surface area contributed by atoms with Gasteiger partial charge in [-0.15, -0.1) is 0 Å². The molecular weight excluding hydrogens is 1600 g/mol. The van der Waals surface area contributed by atoms with Crippen LogP contribution in [0.3, 0.4) is 0 Å². The number of amides is 4. The first-order valence-electron chi connectivity index (χ1n) is 39.1. The van der Waals surface area contributed by atoms with Gasteiger partial charge in [-0.25, -0.2) is 0 Å². The number of aromatic nitrogens is 9. The fourth-order valence-electron chi connectivity index (χ4n) is 13.5. The van der Waals surface area contributed by atoms with Crippen LogP contribution in [0.5, 0.6) is 0 Å². The third kappa shape index (κ3) is 24.0. The number of benzene rings is 7. The van der Waals surface area contributed by atoms with Crippen molar-refractivity contribution in [2.75, 3.05) is 32.4 Å². The number of hydrogen-bond acceptors (Lipinski definition) is 11. The van der Waals surface area contributed by atoms with E-state index in [0.29, 0.717) is 90.1 Å². The van der Waals surface area contributed by atoms with Crippen molar-refractivity contribution >= 4 is 85.8 Å². The molecule has 1 aliphatic rings. The highest BCUT2D eigenvalue weighted by molar-refractivity contribution is 8.77. The molecule has 0 bridgehead atoms. The monoisotopic (exact) mass is 1690 g/mol. The fraction of sp³-hybridized carbons (Fsp3) is 0.208. The lowest BCUT2D eigenvalue weighted by atomic mass is 9.88. The number of aromatic amines is 3. The van der Waals surface area contributed by atoms with Crippen molar-refractivity contribution in [3.63, 3.8) is 0 Å². The predicted molar refractivity (Wildman–Crippen MR) is 487 cm³/mol. The van der Waals surface area contributed by atoms with Crippen LogP contribution in [0.1, 0.15) is 112 Å². The highest BCUT2D eigenvalue weighted by Crippen LogP contribution is 2.40. The Morgan fingerprint density at radius 3 is 1.32 bits per heavy atom. The first kappa shape index (κ1) is 87.0. The number of halogens is 3. The molecular formula is C96H93Cl3N14O5S2. The van der Waals surface area contributed by atoms with Gasteiger partial charge in [0.15, 0.2) is 5.78 Å². The smallest absolute Gasteiger partial charge is 0.268 e. The van der Waals surface area contributed by atoms with Gasteiger partial charge in [0.2, 0.25) is 5.91 Å². The van der Waals surface area contributed by atoms with Gasteiger partial charge in [0.1, 0.15) is 17.1 Å². The largest absolute Gasteiger partial charge is 0.347 e. The van der Waals surface area contributed by atoms with Gasteiger partial charge in [0.05, 0.1) is 67.1 Å². The summed E-state index contributed by atoms with van der Waals surface area (Å²) >= 11 is 19.5. The summed E-state index contributed by atoms with van der Waals surface area (Å²) in [5.74, 6) is 13.1. The molecule has 1 atom stereocenters. The molecule has 24 heteroatoms. The molecule has 13 aromatic rings. The Morgan fingerprint density at radius 2 is 0.925 bits per heavy atom. The molecule has 4 amide bonds. The number of carbonyl (C=O) groups is 5. The summed E-state index contributed by atoms with van der Waals surface area (Å²) in [7, 11) is 5.16. The Hall–Kier alpha value is -12.3. The molecule has 19 nitrogen and oxygen atoms in total. The molecule has 0 saturated carbocycles. The molecule has 7 N–H and O–H groups in total. The zero-order valence-electron chi connectivity index (χ0n) is 67.6. The average molecular weight is 1690 g/mol. The molecule has 0 radical (unpaired) electrons. The molecule has 1 aliphatic heterocycles. The molecule has 1 fully saturated rings. The van der Waals surface area contributed by atoms with Crippen molar-refractivity contribution in [2.45, 2.75) is 92.0 Å². The van der Waals surface area contributed by atoms with Crippen molar-refractivity contribution in [2.24, 2.45) is 5.41 Å². The zero-order chi connectivity index (χ0) is 84.5. The average Bonchev–Trinajstić information content (AvgIpc) is 1.76. The van der Waals surface area contributed by atoms with Gasteiger partial charge in [-0.1, -0.05) is 288 Å². The lowest BCUT2D eigenvalue weighted by molar-refractivity contribution is -0.128. The van der Waals surface area contributed by atoms with E-state index in [9.17, 15) is 24.0 Å². The minimum absolute atomic E-state index is 0.00504. The minimum atomic E-state index is -0.209. The lowest BCUT2D eigenvalue weighted by Crippen LogP contribution is -2.33. The second-order valence-electron chi connectivity index (χ2n) is 30.1. The number of nitrogens with one attached hydrogen (secondary N) is 7. The van der Waals surface area contributed by atoms with E-state index in [-0.39, 0.29) is 40.1 Å². The molecule has 7 aromatic carbocycles. The highest BCUT2D eigenvalue weighted by atomic mass is 35.5. The van der Waals surface area contributed by atoms with Crippen LogP contribution in [-0.4, -0.2) is 116 Å². The van der Waals surface area contributed by atoms with Gasteiger partial charge in [0.25, 0.3) is 17.7 Å². The Kier molecular flexibility index (Phi) is 30.7. The van der Waals surface area contributed by atoms with Crippen molar-refractivity contribution in [1.82, 2.24) is 70.5 Å². The number of carbonyl (C=O) groups excluding carboxylic acids is 5. The number of hydrogen-bond donors (Lipinski definition) is 7. The van der Waals surface area contributed by atoms with Crippen LogP contribution in [0.2, 0.25) is 15.1 Å². The van der Waals surface area contributed by atoms with E-state index >= 15 is 0 Å². The number of rotatable bonds is 27. The number of allylic oxidation sites excluding steroid dienone is 2. The quantitative estimate of drug-likeness (QED) is 0.00638. The molecule has 1 saturated heterocycles. The van der Waals surface area contributed by atoms with E-state index < -0.39 is 0 Å². The Morgan fingerprint density at radius 1 is 0.525 bits per heavy atom. The van der Waals surface area contributed by atoms with Crippen molar-refractivity contribution in [1.29, 1.82) is 0 Å². The summed E-state index contributed by atoms with van der Waals surface area (Å²) < 4.78 is 5.61. The molecule has 14 rings (SSSR count). The van der Waals surface area contributed by atoms with E-state index in [0.717, 1.165) is 126 Å².